The van der Waals surface area contributed by atoms with Gasteiger partial charge in [0.2, 0.25) is 0 Å². The van der Waals surface area contributed by atoms with Gasteiger partial charge in [0.05, 0.1) is 19.3 Å². The molecule has 0 spiro atoms. The van der Waals surface area contributed by atoms with Crippen LogP contribution in [0.4, 0.5) is 0 Å². The van der Waals surface area contributed by atoms with Crippen molar-refractivity contribution in [2.45, 2.75) is 12.8 Å². The summed E-state index contributed by atoms with van der Waals surface area (Å²) in [5.74, 6) is 1.11. The summed E-state index contributed by atoms with van der Waals surface area (Å²) >= 11 is 0. The van der Waals surface area contributed by atoms with E-state index in [-0.39, 0.29) is 17.1 Å². The van der Waals surface area contributed by atoms with Crippen molar-refractivity contribution in [1.82, 2.24) is 0 Å². The molecule has 0 aromatic heterocycles. The number of fused-ring (bicyclic) bond motifs is 1. The molecule has 0 aliphatic carbocycles. The van der Waals surface area contributed by atoms with Gasteiger partial charge in [0.1, 0.15) is 5.75 Å². The topological polar surface area (TPSA) is 55.8 Å². The van der Waals surface area contributed by atoms with Gasteiger partial charge in [0.15, 0.2) is 17.8 Å². The third-order valence-corrected chi connectivity index (χ3v) is 3.87. The Morgan fingerprint density at radius 3 is 2.78 bits per heavy atom. The predicted octanol–water partition coefficient (Wildman–Crippen LogP) is 3.71. The number of aryl methyl sites for hydroxylation is 1. The fourth-order valence-electron chi connectivity index (χ4n) is 2.67. The van der Waals surface area contributed by atoms with Gasteiger partial charge in [-0.2, -0.15) is 0 Å². The zero-order chi connectivity index (χ0) is 16.2. The molecule has 0 fully saturated rings. The third kappa shape index (κ3) is 3.21. The van der Waals surface area contributed by atoms with E-state index in [9.17, 15) is 9.90 Å². The zero-order valence-electron chi connectivity index (χ0n) is 12.9. The molecule has 0 bridgehead atoms. The Hall–Kier alpha value is -2.75. The number of aldehydes is 1. The predicted molar refractivity (Wildman–Crippen MR) is 89.2 cm³/mol. The van der Waals surface area contributed by atoms with Gasteiger partial charge in [-0.1, -0.05) is 18.2 Å². The monoisotopic (exact) mass is 310 g/mol. The number of hydrogen-bond donors (Lipinski definition) is 1. The number of hydrogen-bond acceptors (Lipinski definition) is 4. The van der Waals surface area contributed by atoms with Crippen molar-refractivity contribution in [1.29, 1.82) is 0 Å². The smallest absolute Gasteiger partial charge is 0.168 e. The number of phenolic OH excluding ortho intramolecular Hbond substituents is 1. The first-order chi connectivity index (χ1) is 11.2. The number of phenols is 1. The van der Waals surface area contributed by atoms with E-state index < -0.39 is 0 Å². The van der Waals surface area contributed by atoms with Gasteiger partial charge in [-0.3, -0.25) is 4.79 Å². The molecule has 0 saturated heterocycles. The fraction of sp³-hybridized carbons (Fsp3) is 0.211. The Balaban J connectivity index is 1.89. The summed E-state index contributed by atoms with van der Waals surface area (Å²) in [6.07, 6.45) is 6.54. The second-order valence-electron chi connectivity index (χ2n) is 5.43. The molecule has 1 aliphatic heterocycles. The van der Waals surface area contributed by atoms with Crippen LogP contribution in [0.5, 0.6) is 17.2 Å². The largest absolute Gasteiger partial charge is 0.504 e. The van der Waals surface area contributed by atoms with E-state index >= 15 is 0 Å². The second-order valence-corrected chi connectivity index (χ2v) is 5.43. The molecule has 2 aromatic carbocycles. The molecule has 1 heterocycles. The van der Waals surface area contributed by atoms with E-state index in [4.69, 9.17) is 9.47 Å². The van der Waals surface area contributed by atoms with Crippen molar-refractivity contribution < 1.29 is 19.4 Å². The zero-order valence-corrected chi connectivity index (χ0v) is 12.9. The Kier molecular flexibility index (Phi) is 4.33. The highest BCUT2D eigenvalue weighted by Gasteiger charge is 2.10. The summed E-state index contributed by atoms with van der Waals surface area (Å²) in [6, 6.07) is 9.42. The average Bonchev–Trinajstić information content (AvgIpc) is 2.60. The number of carbonyl (C=O) groups excluding carboxylic acids is 1. The first kappa shape index (κ1) is 15.2. The maximum atomic E-state index is 11.0. The van der Waals surface area contributed by atoms with Gasteiger partial charge >= 0.3 is 0 Å². The molecule has 0 amide bonds. The first-order valence-electron chi connectivity index (χ1n) is 7.51. The molecule has 118 valence electrons. The van der Waals surface area contributed by atoms with Crippen LogP contribution in [0.15, 0.2) is 30.3 Å². The SMILES string of the molecule is COc1cc(/C=C/c2ccc3c(c2)CCCO3)cc(C=O)c1O. The van der Waals surface area contributed by atoms with Gasteiger partial charge < -0.3 is 14.6 Å². The molecule has 0 radical (unpaired) electrons. The Morgan fingerprint density at radius 1 is 1.17 bits per heavy atom. The van der Waals surface area contributed by atoms with Gasteiger partial charge in [-0.15, -0.1) is 0 Å². The lowest BCUT2D eigenvalue weighted by Crippen LogP contribution is -2.07. The number of ether oxygens (including phenoxy) is 2. The maximum absolute atomic E-state index is 11.0. The van der Waals surface area contributed by atoms with E-state index in [1.54, 1.807) is 12.1 Å². The highest BCUT2D eigenvalue weighted by Crippen LogP contribution is 2.31. The molecule has 3 rings (SSSR count). The molecular formula is C19H18O4. The number of methoxy groups -OCH3 is 1. The number of benzene rings is 2. The molecule has 23 heavy (non-hydrogen) atoms. The second kappa shape index (κ2) is 6.57. The fourth-order valence-corrected chi connectivity index (χ4v) is 2.67. The molecule has 4 heteroatoms. The van der Waals surface area contributed by atoms with Gasteiger partial charge in [-0.25, -0.2) is 0 Å². The molecule has 2 aromatic rings. The Bertz CT molecular complexity index is 762. The summed E-state index contributed by atoms with van der Waals surface area (Å²) in [4.78, 5) is 11.0. The summed E-state index contributed by atoms with van der Waals surface area (Å²) in [5, 5.41) is 9.84. The van der Waals surface area contributed by atoms with E-state index in [0.29, 0.717) is 6.29 Å². The minimum atomic E-state index is -0.134. The molecule has 1 N–H and O–H groups in total. The Morgan fingerprint density at radius 2 is 2.00 bits per heavy atom. The Labute approximate surface area is 135 Å². The van der Waals surface area contributed by atoms with Crippen LogP contribution in [-0.2, 0) is 6.42 Å². The average molecular weight is 310 g/mol. The van der Waals surface area contributed by atoms with Crippen LogP contribution in [0.2, 0.25) is 0 Å². The third-order valence-electron chi connectivity index (χ3n) is 3.87. The van der Waals surface area contributed by atoms with Crippen molar-refractivity contribution in [3.8, 4) is 17.2 Å². The van der Waals surface area contributed by atoms with Crippen LogP contribution in [0.1, 0.15) is 33.5 Å². The van der Waals surface area contributed by atoms with Crippen molar-refractivity contribution in [3.63, 3.8) is 0 Å². The van der Waals surface area contributed by atoms with Crippen LogP contribution in [0.25, 0.3) is 12.2 Å². The van der Waals surface area contributed by atoms with E-state index in [1.807, 2.05) is 24.3 Å². The van der Waals surface area contributed by atoms with Crippen LogP contribution in [-0.4, -0.2) is 25.1 Å². The van der Waals surface area contributed by atoms with Crippen molar-refractivity contribution in [2.24, 2.45) is 0 Å². The lowest BCUT2D eigenvalue weighted by atomic mass is 10.0. The highest BCUT2D eigenvalue weighted by molar-refractivity contribution is 5.84. The first-order valence-corrected chi connectivity index (χ1v) is 7.51. The maximum Gasteiger partial charge on any atom is 0.168 e. The lowest BCUT2D eigenvalue weighted by Gasteiger charge is -2.17. The summed E-state index contributed by atoms with van der Waals surface area (Å²) in [7, 11) is 1.46. The van der Waals surface area contributed by atoms with Gasteiger partial charge in [0, 0.05) is 0 Å². The summed E-state index contributed by atoms with van der Waals surface area (Å²) in [6.45, 7) is 0.782. The summed E-state index contributed by atoms with van der Waals surface area (Å²) in [5.41, 5.74) is 3.28. The molecule has 0 saturated carbocycles. The van der Waals surface area contributed by atoms with Gasteiger partial charge in [-0.05, 0) is 53.8 Å². The lowest BCUT2D eigenvalue weighted by molar-refractivity contribution is 0.112. The molecule has 0 unspecified atom stereocenters. The minimum Gasteiger partial charge on any atom is -0.504 e. The molecular weight excluding hydrogens is 292 g/mol. The number of rotatable bonds is 4. The number of carbonyl (C=O) groups is 1. The van der Waals surface area contributed by atoms with Crippen molar-refractivity contribution in [2.75, 3.05) is 13.7 Å². The molecule has 1 aliphatic rings. The highest BCUT2D eigenvalue weighted by atomic mass is 16.5. The van der Waals surface area contributed by atoms with E-state index in [2.05, 4.69) is 6.07 Å². The number of aromatic hydroxyl groups is 1. The minimum absolute atomic E-state index is 0.134. The van der Waals surface area contributed by atoms with E-state index in [0.717, 1.165) is 36.3 Å². The molecule has 0 atom stereocenters. The van der Waals surface area contributed by atoms with Crippen molar-refractivity contribution >= 4 is 18.4 Å². The normalized spacial score (nSPS) is 13.4. The van der Waals surface area contributed by atoms with Crippen LogP contribution in [0, 0.1) is 0 Å². The molecule has 4 nitrogen and oxygen atoms in total. The van der Waals surface area contributed by atoms with Crippen molar-refractivity contribution in [3.05, 3.63) is 52.6 Å². The van der Waals surface area contributed by atoms with E-state index in [1.165, 1.54) is 12.7 Å². The summed E-state index contributed by atoms with van der Waals surface area (Å²) < 4.78 is 10.7. The quantitative estimate of drug-likeness (QED) is 0.691. The van der Waals surface area contributed by atoms with Crippen LogP contribution >= 0.6 is 0 Å². The van der Waals surface area contributed by atoms with Gasteiger partial charge in [0.25, 0.3) is 0 Å². The van der Waals surface area contributed by atoms with Crippen LogP contribution < -0.4 is 9.47 Å². The van der Waals surface area contributed by atoms with Crippen LogP contribution in [0.3, 0.4) is 0 Å². The standard InChI is InChI=1S/C19H18O4/c1-22-18-11-14(10-16(12-20)19(18)21)5-4-13-6-7-17-15(9-13)3-2-8-23-17/h4-7,9-12,21H,2-3,8H2,1H3/b5-4+.